The molecule has 1 fully saturated rings. The fraction of sp³-hybridized carbons (Fsp3) is 0.304. The van der Waals surface area contributed by atoms with Gasteiger partial charge in [-0.3, -0.25) is 9.48 Å². The summed E-state index contributed by atoms with van der Waals surface area (Å²) in [6.07, 6.45) is 1.67. The summed E-state index contributed by atoms with van der Waals surface area (Å²) in [7, 11) is 2.13. The van der Waals surface area contributed by atoms with E-state index in [2.05, 4.69) is 38.0 Å². The number of carbonyl (C=O) groups is 1. The van der Waals surface area contributed by atoms with E-state index in [9.17, 15) is 9.90 Å². The van der Waals surface area contributed by atoms with Gasteiger partial charge in [-0.05, 0) is 25.2 Å². The summed E-state index contributed by atoms with van der Waals surface area (Å²) >= 11 is 0. The Hall–Kier alpha value is -3.76. The lowest BCUT2D eigenvalue weighted by Gasteiger charge is -2.34. The number of primary amides is 1. The van der Waals surface area contributed by atoms with Gasteiger partial charge < -0.3 is 25.4 Å². The van der Waals surface area contributed by atoms with Gasteiger partial charge in [0.05, 0.1) is 18.7 Å². The first kappa shape index (κ1) is 21.1. The average Bonchev–Trinajstić information content (AvgIpc) is 3.19. The molecule has 0 atom stereocenters. The van der Waals surface area contributed by atoms with Gasteiger partial charge >= 0.3 is 6.01 Å². The molecule has 3 N–H and O–H groups in total. The van der Waals surface area contributed by atoms with Crippen molar-refractivity contribution in [3.63, 3.8) is 0 Å². The topological polar surface area (TPSA) is 123 Å². The highest BCUT2D eigenvalue weighted by Gasteiger charge is 2.19. The summed E-state index contributed by atoms with van der Waals surface area (Å²) in [5, 5.41) is 15.1. The number of carbonyl (C=O) groups excluding carboxylic acids is 1. The van der Waals surface area contributed by atoms with Gasteiger partial charge in [0.2, 0.25) is 0 Å². The highest BCUT2D eigenvalue weighted by atomic mass is 16.5. The Morgan fingerprint density at radius 1 is 1.18 bits per heavy atom. The van der Waals surface area contributed by atoms with Crippen LogP contribution in [0.1, 0.15) is 10.5 Å². The molecule has 0 bridgehead atoms. The number of nitrogens with zero attached hydrogens (tertiary/aromatic N) is 6. The summed E-state index contributed by atoms with van der Waals surface area (Å²) in [6.45, 7) is 4.02. The van der Waals surface area contributed by atoms with Gasteiger partial charge in [0.15, 0.2) is 5.69 Å². The molecule has 5 rings (SSSR count). The highest BCUT2D eigenvalue weighted by Crippen LogP contribution is 2.29. The largest absolute Gasteiger partial charge is 0.424 e. The Morgan fingerprint density at radius 2 is 2.00 bits per heavy atom. The minimum atomic E-state index is -0.637. The summed E-state index contributed by atoms with van der Waals surface area (Å²) in [5.41, 5.74) is 7.92. The van der Waals surface area contributed by atoms with Crippen molar-refractivity contribution < 1.29 is 14.6 Å². The fourth-order valence-corrected chi connectivity index (χ4v) is 4.14. The van der Waals surface area contributed by atoms with Crippen LogP contribution in [-0.2, 0) is 6.54 Å². The number of benzene rings is 2. The number of hydrogen-bond donors (Lipinski definition) is 2. The molecule has 0 saturated carbocycles. The monoisotopic (exact) mass is 447 g/mol. The first-order valence-electron chi connectivity index (χ1n) is 10.8. The number of rotatable bonds is 6. The second-order valence-electron chi connectivity index (χ2n) is 8.10. The average molecular weight is 447 g/mol. The van der Waals surface area contributed by atoms with Crippen LogP contribution in [0.3, 0.4) is 0 Å². The van der Waals surface area contributed by atoms with Crippen molar-refractivity contribution in [1.29, 1.82) is 0 Å². The van der Waals surface area contributed by atoms with Gasteiger partial charge in [0.25, 0.3) is 5.91 Å². The Morgan fingerprint density at radius 3 is 2.76 bits per heavy atom. The quantitative estimate of drug-likeness (QED) is 0.457. The van der Waals surface area contributed by atoms with Gasteiger partial charge in [-0.1, -0.05) is 12.1 Å². The zero-order chi connectivity index (χ0) is 22.9. The van der Waals surface area contributed by atoms with E-state index in [1.807, 2.05) is 24.3 Å². The van der Waals surface area contributed by atoms with Gasteiger partial charge in [0, 0.05) is 54.9 Å². The van der Waals surface area contributed by atoms with Crippen LogP contribution in [0.5, 0.6) is 11.8 Å². The molecule has 3 heterocycles. The first-order chi connectivity index (χ1) is 16.0. The van der Waals surface area contributed by atoms with E-state index < -0.39 is 5.91 Å². The van der Waals surface area contributed by atoms with E-state index in [4.69, 9.17) is 10.5 Å². The number of ether oxygens (including phenoxy) is 1. The first-order valence-corrected chi connectivity index (χ1v) is 10.8. The molecule has 0 unspecified atom stereocenters. The molecular formula is C23H25N7O3. The predicted molar refractivity (Wildman–Crippen MR) is 125 cm³/mol. The van der Waals surface area contributed by atoms with Crippen molar-refractivity contribution in [2.45, 2.75) is 6.54 Å². The Balaban J connectivity index is 1.51. The number of hydrogen-bond acceptors (Lipinski definition) is 8. The zero-order valence-corrected chi connectivity index (χ0v) is 18.3. The van der Waals surface area contributed by atoms with E-state index >= 15 is 0 Å². The smallest absolute Gasteiger partial charge is 0.322 e. The SMILES string of the molecule is CN1CCN(c2cccc(Oc3ncc4ccc5c(C(N)=O)nn(CCO)c5c4n3)c2)CC1. The number of aromatic nitrogens is 4. The van der Waals surface area contributed by atoms with Crippen molar-refractivity contribution in [3.8, 4) is 11.8 Å². The third kappa shape index (κ3) is 4.06. The molecule has 2 aromatic carbocycles. The number of piperazine rings is 1. The number of aliphatic hydroxyl groups is 1. The molecule has 0 aliphatic carbocycles. The molecule has 1 aliphatic heterocycles. The summed E-state index contributed by atoms with van der Waals surface area (Å²) in [5.74, 6) is 0.00179. The van der Waals surface area contributed by atoms with Gasteiger partial charge in [-0.25, -0.2) is 4.98 Å². The molecule has 1 amide bonds. The lowest BCUT2D eigenvalue weighted by molar-refractivity contribution is 0.0996. The molecule has 4 aromatic rings. The van der Waals surface area contributed by atoms with Crippen molar-refractivity contribution in [2.24, 2.45) is 5.73 Å². The third-order valence-corrected chi connectivity index (χ3v) is 5.88. The van der Waals surface area contributed by atoms with E-state index in [1.54, 1.807) is 16.9 Å². The van der Waals surface area contributed by atoms with Crippen molar-refractivity contribution in [2.75, 3.05) is 44.7 Å². The minimum Gasteiger partial charge on any atom is -0.424 e. The maximum Gasteiger partial charge on any atom is 0.322 e. The maximum atomic E-state index is 11.9. The van der Waals surface area contributed by atoms with Crippen molar-refractivity contribution in [3.05, 3.63) is 48.3 Å². The van der Waals surface area contributed by atoms with Crippen LogP contribution in [0.4, 0.5) is 5.69 Å². The zero-order valence-electron chi connectivity index (χ0n) is 18.3. The normalized spacial score (nSPS) is 14.8. The molecule has 1 saturated heterocycles. The Labute approximate surface area is 190 Å². The molecule has 10 nitrogen and oxygen atoms in total. The van der Waals surface area contributed by atoms with Crippen LogP contribution in [-0.4, -0.2) is 75.5 Å². The van der Waals surface area contributed by atoms with Gasteiger partial charge in [-0.15, -0.1) is 0 Å². The molecule has 170 valence electrons. The van der Waals surface area contributed by atoms with Crippen LogP contribution in [0.15, 0.2) is 42.6 Å². The molecule has 2 aromatic heterocycles. The van der Waals surface area contributed by atoms with Gasteiger partial charge in [0.1, 0.15) is 11.3 Å². The summed E-state index contributed by atoms with van der Waals surface area (Å²) in [6, 6.07) is 11.6. The maximum absolute atomic E-state index is 11.9. The number of amides is 1. The van der Waals surface area contributed by atoms with Crippen LogP contribution in [0.25, 0.3) is 21.8 Å². The standard InChI is InChI=1S/C23H25N7O3/c1-28-7-9-29(10-8-28)16-3-2-4-17(13-16)33-23-25-14-15-5-6-18-20(22(24)32)27-30(11-12-31)21(18)19(15)26-23/h2-6,13-14,31H,7-12H2,1H3,(H2,24,32). The Bertz CT molecular complexity index is 1330. The van der Waals surface area contributed by atoms with Gasteiger partial charge in [-0.2, -0.15) is 10.1 Å². The van der Waals surface area contributed by atoms with E-state index in [1.165, 1.54) is 0 Å². The summed E-state index contributed by atoms with van der Waals surface area (Å²) < 4.78 is 7.56. The number of likely N-dealkylation sites (N-methyl/N-ethyl adjacent to an activating group) is 1. The molecule has 33 heavy (non-hydrogen) atoms. The summed E-state index contributed by atoms with van der Waals surface area (Å²) in [4.78, 5) is 25.5. The van der Waals surface area contributed by atoms with Crippen LogP contribution >= 0.6 is 0 Å². The number of nitrogens with two attached hydrogens (primary N) is 1. The fourth-order valence-electron chi connectivity index (χ4n) is 4.14. The van der Waals surface area contributed by atoms with Crippen LogP contribution < -0.4 is 15.4 Å². The number of fused-ring (bicyclic) bond motifs is 3. The van der Waals surface area contributed by atoms with Crippen LogP contribution in [0, 0.1) is 0 Å². The lowest BCUT2D eigenvalue weighted by atomic mass is 10.1. The minimum absolute atomic E-state index is 0.140. The van der Waals surface area contributed by atoms with Crippen molar-refractivity contribution in [1.82, 2.24) is 24.6 Å². The van der Waals surface area contributed by atoms with Crippen LogP contribution in [0.2, 0.25) is 0 Å². The van der Waals surface area contributed by atoms with E-state index in [0.29, 0.717) is 22.2 Å². The third-order valence-electron chi connectivity index (χ3n) is 5.88. The molecule has 0 spiro atoms. The second kappa shape index (κ2) is 8.64. The number of aliphatic hydroxyl groups excluding tert-OH is 1. The molecule has 10 heteroatoms. The lowest BCUT2D eigenvalue weighted by Crippen LogP contribution is -2.44. The molecule has 1 aliphatic rings. The predicted octanol–water partition coefficient (Wildman–Crippen LogP) is 1.61. The number of anilines is 1. The molecule has 0 radical (unpaired) electrons. The Kier molecular flexibility index (Phi) is 5.53. The second-order valence-corrected chi connectivity index (χ2v) is 8.10. The highest BCUT2D eigenvalue weighted by molar-refractivity contribution is 6.11. The van der Waals surface area contributed by atoms with Crippen molar-refractivity contribution >= 4 is 33.4 Å². The molecular weight excluding hydrogens is 422 g/mol. The van der Waals surface area contributed by atoms with E-state index in [-0.39, 0.29) is 24.9 Å². The van der Waals surface area contributed by atoms with E-state index in [0.717, 1.165) is 37.3 Å².